The van der Waals surface area contributed by atoms with Crippen LogP contribution in [0, 0.1) is 0 Å². The minimum atomic E-state index is 0.0582. The summed E-state index contributed by atoms with van der Waals surface area (Å²) in [5.74, 6) is 1.84. The zero-order valence-corrected chi connectivity index (χ0v) is 18.5. The molecule has 7 heteroatoms. The minimum Gasteiger partial charge on any atom is -0.497 e. The second kappa shape index (κ2) is 9.29. The summed E-state index contributed by atoms with van der Waals surface area (Å²) >= 11 is 0. The van der Waals surface area contributed by atoms with Gasteiger partial charge in [0.25, 0.3) is 5.91 Å². The van der Waals surface area contributed by atoms with Crippen LogP contribution in [0.3, 0.4) is 0 Å². The Labute approximate surface area is 183 Å². The maximum absolute atomic E-state index is 13.1. The number of amides is 1. The van der Waals surface area contributed by atoms with Crippen molar-refractivity contribution in [1.29, 1.82) is 0 Å². The summed E-state index contributed by atoms with van der Waals surface area (Å²) < 4.78 is 5.28. The molecule has 0 saturated carbocycles. The molecule has 2 N–H and O–H groups in total. The normalized spacial score (nSPS) is 14.6. The maximum atomic E-state index is 13.1. The Balaban J connectivity index is 1.45. The Hall–Kier alpha value is -3.22. The van der Waals surface area contributed by atoms with Crippen molar-refractivity contribution in [1.82, 2.24) is 14.9 Å². The number of carbonyl (C=O) groups excluding carboxylic acids is 1. The number of piperidine rings is 1. The molecule has 0 spiro atoms. The van der Waals surface area contributed by atoms with Gasteiger partial charge in [-0.15, -0.1) is 0 Å². The van der Waals surface area contributed by atoms with Crippen molar-refractivity contribution < 1.29 is 9.53 Å². The van der Waals surface area contributed by atoms with Gasteiger partial charge < -0.3 is 24.8 Å². The number of nitrogens with zero attached hydrogens (tertiary/aromatic N) is 3. The molecular formula is C24H31N5O2. The number of likely N-dealkylation sites (tertiary alicyclic amines) is 1. The van der Waals surface area contributed by atoms with Crippen LogP contribution < -0.4 is 15.0 Å². The molecule has 1 aromatic carbocycles. The zero-order valence-electron chi connectivity index (χ0n) is 18.5. The third-order valence-corrected chi connectivity index (χ3v) is 6.02. The molecule has 1 aliphatic rings. The lowest BCUT2D eigenvalue weighted by molar-refractivity contribution is 0.0707. The number of fused-ring (bicyclic) bond motifs is 1. The molecule has 1 fully saturated rings. The van der Waals surface area contributed by atoms with Gasteiger partial charge in [0.15, 0.2) is 5.82 Å². The zero-order chi connectivity index (χ0) is 21.8. The fourth-order valence-corrected chi connectivity index (χ4v) is 4.43. The molecule has 0 aliphatic carbocycles. The Kier molecular flexibility index (Phi) is 6.30. The second-order valence-corrected chi connectivity index (χ2v) is 7.85. The summed E-state index contributed by atoms with van der Waals surface area (Å²) in [5.41, 5.74) is 2.62. The minimum absolute atomic E-state index is 0.0582. The number of hydrogen-bond acceptors (Lipinski definition) is 5. The van der Waals surface area contributed by atoms with Crippen LogP contribution in [0.1, 0.15) is 37.2 Å². The van der Waals surface area contributed by atoms with E-state index in [0.29, 0.717) is 11.7 Å². The van der Waals surface area contributed by atoms with Gasteiger partial charge in [0.1, 0.15) is 11.4 Å². The molecule has 0 bridgehead atoms. The van der Waals surface area contributed by atoms with Crippen molar-refractivity contribution in [2.24, 2.45) is 0 Å². The van der Waals surface area contributed by atoms with Gasteiger partial charge in [-0.05, 0) is 57.0 Å². The Morgan fingerprint density at radius 1 is 1.26 bits per heavy atom. The van der Waals surface area contributed by atoms with Crippen LogP contribution in [-0.4, -0.2) is 60.1 Å². The van der Waals surface area contributed by atoms with Crippen molar-refractivity contribution in [3.05, 3.63) is 48.3 Å². The average Bonchev–Trinajstić information content (AvgIpc) is 3.24. The van der Waals surface area contributed by atoms with Crippen LogP contribution in [0.2, 0.25) is 0 Å². The van der Waals surface area contributed by atoms with Gasteiger partial charge in [-0.3, -0.25) is 4.79 Å². The van der Waals surface area contributed by atoms with Crippen LogP contribution in [0.25, 0.3) is 10.9 Å². The molecule has 0 unspecified atom stereocenters. The van der Waals surface area contributed by atoms with E-state index in [0.717, 1.165) is 67.2 Å². The molecule has 1 amide bonds. The largest absolute Gasteiger partial charge is 0.497 e. The highest BCUT2D eigenvalue weighted by atomic mass is 16.5. The van der Waals surface area contributed by atoms with Gasteiger partial charge in [0.05, 0.1) is 12.8 Å². The highest BCUT2D eigenvalue weighted by molar-refractivity contribution is 5.98. The number of carbonyl (C=O) groups is 1. The van der Waals surface area contributed by atoms with Crippen molar-refractivity contribution in [3.8, 4) is 5.75 Å². The summed E-state index contributed by atoms with van der Waals surface area (Å²) in [6.07, 6.45) is 3.70. The number of nitrogens with one attached hydrogen (secondary N) is 2. The molecule has 0 radical (unpaired) electrons. The smallest absolute Gasteiger partial charge is 0.270 e. The number of rotatable bonds is 7. The number of anilines is 2. The van der Waals surface area contributed by atoms with Crippen molar-refractivity contribution in [2.75, 3.05) is 43.5 Å². The average molecular weight is 422 g/mol. The van der Waals surface area contributed by atoms with E-state index in [-0.39, 0.29) is 5.91 Å². The first-order valence-corrected chi connectivity index (χ1v) is 11.1. The number of aromatic nitrogens is 2. The highest BCUT2D eigenvalue weighted by Gasteiger charge is 2.29. The number of hydrogen-bond donors (Lipinski definition) is 2. The number of ether oxygens (including phenoxy) is 1. The first-order chi connectivity index (χ1) is 15.1. The van der Waals surface area contributed by atoms with Gasteiger partial charge in [-0.2, -0.15) is 0 Å². The molecule has 3 heterocycles. The topological polar surface area (TPSA) is 73.5 Å². The van der Waals surface area contributed by atoms with Crippen molar-refractivity contribution in [3.63, 3.8) is 0 Å². The third kappa shape index (κ3) is 4.31. The van der Waals surface area contributed by atoms with E-state index in [9.17, 15) is 4.79 Å². The predicted molar refractivity (Wildman–Crippen MR) is 125 cm³/mol. The number of methoxy groups -OCH3 is 1. The standard InChI is InChI=1S/C24H31N5O2/c1-4-25-20-7-6-12-26-23(20)29(5-2)18-10-13-28(14-11-18)24(30)22-15-17-8-9-19(31-3)16-21(17)27-22/h6-9,12,15-16,18,25,27H,4-5,10-11,13-14H2,1-3H3. The molecule has 1 saturated heterocycles. The number of pyridine rings is 1. The first kappa shape index (κ1) is 21.0. The molecule has 1 aliphatic heterocycles. The molecule has 164 valence electrons. The van der Waals surface area contributed by atoms with Crippen LogP contribution in [0.4, 0.5) is 11.5 Å². The van der Waals surface area contributed by atoms with Gasteiger partial charge in [-0.1, -0.05) is 0 Å². The lowest BCUT2D eigenvalue weighted by atomic mass is 10.0. The fraction of sp³-hybridized carbons (Fsp3) is 0.417. The fourth-order valence-electron chi connectivity index (χ4n) is 4.43. The number of benzene rings is 1. The number of H-pyrrole nitrogens is 1. The van der Waals surface area contributed by atoms with E-state index < -0.39 is 0 Å². The second-order valence-electron chi connectivity index (χ2n) is 7.85. The van der Waals surface area contributed by atoms with Crippen LogP contribution in [0.5, 0.6) is 5.75 Å². The van der Waals surface area contributed by atoms with Gasteiger partial charge in [-0.25, -0.2) is 4.98 Å². The Morgan fingerprint density at radius 2 is 2.06 bits per heavy atom. The van der Waals surface area contributed by atoms with E-state index in [1.807, 2.05) is 41.4 Å². The van der Waals surface area contributed by atoms with Crippen LogP contribution in [-0.2, 0) is 0 Å². The SMILES string of the molecule is CCNc1cccnc1N(CC)C1CCN(C(=O)c2cc3ccc(OC)cc3[nH]2)CC1. The molecule has 4 rings (SSSR count). The molecule has 31 heavy (non-hydrogen) atoms. The predicted octanol–water partition coefficient (Wildman–Crippen LogP) is 4.13. The monoisotopic (exact) mass is 421 g/mol. The Morgan fingerprint density at radius 3 is 2.77 bits per heavy atom. The van der Waals surface area contributed by atoms with Gasteiger partial charge >= 0.3 is 0 Å². The van der Waals surface area contributed by atoms with Crippen molar-refractivity contribution in [2.45, 2.75) is 32.7 Å². The highest BCUT2D eigenvalue weighted by Crippen LogP contribution is 2.29. The third-order valence-electron chi connectivity index (χ3n) is 6.02. The summed E-state index contributed by atoms with van der Waals surface area (Å²) in [6.45, 7) is 7.49. The van der Waals surface area contributed by atoms with Crippen LogP contribution in [0.15, 0.2) is 42.6 Å². The quantitative estimate of drug-likeness (QED) is 0.600. The van der Waals surface area contributed by atoms with Gasteiger partial charge in [0, 0.05) is 55.4 Å². The van der Waals surface area contributed by atoms with Gasteiger partial charge in [0.2, 0.25) is 0 Å². The Bertz CT molecular complexity index is 1040. The summed E-state index contributed by atoms with van der Waals surface area (Å²) in [4.78, 5) is 25.3. The van der Waals surface area contributed by atoms with Crippen LogP contribution >= 0.6 is 0 Å². The lowest BCUT2D eigenvalue weighted by Crippen LogP contribution is -2.47. The maximum Gasteiger partial charge on any atom is 0.270 e. The molecule has 3 aromatic rings. The van der Waals surface area contributed by atoms with E-state index in [1.54, 1.807) is 7.11 Å². The first-order valence-electron chi connectivity index (χ1n) is 11.1. The molecule has 2 aromatic heterocycles. The van der Waals surface area contributed by atoms with E-state index in [1.165, 1.54) is 0 Å². The molecule has 0 atom stereocenters. The van der Waals surface area contributed by atoms with E-state index in [4.69, 9.17) is 4.74 Å². The molecular weight excluding hydrogens is 390 g/mol. The van der Waals surface area contributed by atoms with E-state index in [2.05, 4.69) is 40.1 Å². The summed E-state index contributed by atoms with van der Waals surface area (Å²) in [7, 11) is 1.64. The lowest BCUT2D eigenvalue weighted by Gasteiger charge is -2.39. The summed E-state index contributed by atoms with van der Waals surface area (Å²) in [6, 6.07) is 12.2. The van der Waals surface area contributed by atoms with E-state index >= 15 is 0 Å². The molecule has 7 nitrogen and oxygen atoms in total. The summed E-state index contributed by atoms with van der Waals surface area (Å²) in [5, 5.41) is 4.43. The number of aromatic amines is 1. The van der Waals surface area contributed by atoms with Crippen molar-refractivity contribution >= 4 is 28.3 Å².